The van der Waals surface area contributed by atoms with Crippen molar-refractivity contribution < 1.29 is 28.5 Å². The lowest BCUT2D eigenvalue weighted by Gasteiger charge is -2.38. The predicted octanol–water partition coefficient (Wildman–Crippen LogP) is 7.87. The first kappa shape index (κ1) is 48.3. The molecule has 4 N–H and O–H groups in total. The second-order valence-electron chi connectivity index (χ2n) is 18.8. The van der Waals surface area contributed by atoms with Crippen LogP contribution in [0.25, 0.3) is 21.8 Å². The van der Waals surface area contributed by atoms with Gasteiger partial charge in [-0.05, 0) is 88.5 Å². The predicted molar refractivity (Wildman–Crippen MR) is 272 cm³/mol. The van der Waals surface area contributed by atoms with Crippen LogP contribution in [0.4, 0.5) is 11.6 Å². The van der Waals surface area contributed by atoms with Crippen LogP contribution in [-0.2, 0) is 9.59 Å². The van der Waals surface area contributed by atoms with Crippen molar-refractivity contribution >= 4 is 45.3 Å². The molecule has 16 nitrogen and oxygen atoms in total. The molecule has 0 unspecified atom stereocenters. The van der Waals surface area contributed by atoms with Crippen LogP contribution in [-0.4, -0.2) is 119 Å². The zero-order valence-corrected chi connectivity index (χ0v) is 40.7. The molecule has 4 heterocycles. The Kier molecular flexibility index (Phi) is 15.7. The largest absolute Gasteiger partial charge is 0.493 e. The maximum Gasteiger partial charge on any atom is 0.234 e. The average Bonchev–Trinajstić information content (AvgIpc) is 3.39. The van der Waals surface area contributed by atoms with E-state index in [9.17, 15) is 9.59 Å². The fourth-order valence-electron chi connectivity index (χ4n) is 10.3. The molecule has 4 aromatic carbocycles. The highest BCUT2D eigenvalue weighted by atomic mass is 16.5. The summed E-state index contributed by atoms with van der Waals surface area (Å²) >= 11 is 0. The summed E-state index contributed by atoms with van der Waals surface area (Å²) in [5.41, 5.74) is 3.98. The Labute approximate surface area is 410 Å². The van der Waals surface area contributed by atoms with Crippen LogP contribution in [0.2, 0.25) is 0 Å². The van der Waals surface area contributed by atoms with E-state index >= 15 is 0 Å². The minimum Gasteiger partial charge on any atom is -0.493 e. The summed E-state index contributed by atoms with van der Waals surface area (Å²) < 4.78 is 24.3. The fourth-order valence-corrected chi connectivity index (χ4v) is 10.3. The highest BCUT2D eigenvalue weighted by molar-refractivity contribution is 5.92. The Hall–Kier alpha value is -6.78. The van der Waals surface area contributed by atoms with Gasteiger partial charge in [0.1, 0.15) is 24.3 Å². The van der Waals surface area contributed by atoms with E-state index in [0.29, 0.717) is 48.2 Å². The van der Waals surface area contributed by atoms with E-state index < -0.39 is 0 Å². The maximum absolute atomic E-state index is 11.8. The van der Waals surface area contributed by atoms with Gasteiger partial charge in [0.25, 0.3) is 0 Å². The fraction of sp³-hybridized carbons (Fsp3) is 0.444. The zero-order chi connectivity index (χ0) is 48.4. The van der Waals surface area contributed by atoms with Crippen LogP contribution in [0.1, 0.15) is 88.4 Å². The van der Waals surface area contributed by atoms with E-state index in [2.05, 4.69) is 89.1 Å². The number of aromatic nitrogens is 4. The molecule has 368 valence electrons. The molecule has 0 radical (unpaired) electrons. The molecule has 2 aromatic heterocycles. The van der Waals surface area contributed by atoms with Crippen LogP contribution < -0.4 is 40.2 Å². The maximum atomic E-state index is 11.8. The van der Waals surface area contributed by atoms with Gasteiger partial charge in [0.05, 0.1) is 50.6 Å². The van der Waals surface area contributed by atoms with Gasteiger partial charge in [-0.25, -0.2) is 19.9 Å². The standard InChI is InChI=1S/2C27H33N5O3/c2*1-18(19-6-4-3-5-7-19)31-27-22-14-25(24(34-2)15-23(22)29-17-30-27)35-21-10-8-20(9-11-21)32-13-12-28-26(33)16-32/h2*3-7,14-15,17-18,20-21H,8-13,16H2,1-2H3,(H,28,33)(H,29,30,31)/t2*18-,20?,21?/m11/s1. The van der Waals surface area contributed by atoms with Crippen molar-refractivity contribution in [2.24, 2.45) is 0 Å². The average molecular weight is 951 g/mol. The molecule has 2 aliphatic carbocycles. The first-order chi connectivity index (χ1) is 34.2. The molecule has 70 heavy (non-hydrogen) atoms. The van der Waals surface area contributed by atoms with Crippen LogP contribution in [0.3, 0.4) is 0 Å². The van der Waals surface area contributed by atoms with E-state index in [1.807, 2.05) is 60.7 Å². The third-order valence-electron chi connectivity index (χ3n) is 14.2. The summed E-state index contributed by atoms with van der Waals surface area (Å²) in [5.74, 6) is 4.57. The molecule has 2 saturated heterocycles. The lowest BCUT2D eigenvalue weighted by molar-refractivity contribution is -0.126. The Morgan fingerprint density at radius 1 is 0.543 bits per heavy atom. The van der Waals surface area contributed by atoms with Crippen molar-refractivity contribution in [2.45, 2.75) is 102 Å². The Morgan fingerprint density at radius 2 is 0.943 bits per heavy atom. The van der Waals surface area contributed by atoms with Gasteiger partial charge >= 0.3 is 0 Å². The van der Waals surface area contributed by atoms with Crippen LogP contribution in [0.5, 0.6) is 23.0 Å². The van der Waals surface area contributed by atoms with Gasteiger partial charge in [0.2, 0.25) is 11.8 Å². The third-order valence-corrected chi connectivity index (χ3v) is 14.2. The molecule has 2 saturated carbocycles. The van der Waals surface area contributed by atoms with E-state index in [0.717, 1.165) is 111 Å². The number of hydrogen-bond donors (Lipinski definition) is 4. The Balaban J connectivity index is 0.000000174. The number of fused-ring (bicyclic) bond motifs is 2. The summed E-state index contributed by atoms with van der Waals surface area (Å²) in [4.78, 5) is 46.1. The molecule has 10 rings (SSSR count). The number of ether oxygens (including phenoxy) is 4. The molecular formula is C54H66N10O6. The minimum atomic E-state index is 0.0907. The normalized spacial score (nSPS) is 21.8. The third kappa shape index (κ3) is 11.8. The summed E-state index contributed by atoms with van der Waals surface area (Å²) in [6.07, 6.45) is 11.3. The van der Waals surface area contributed by atoms with Crippen molar-refractivity contribution in [1.82, 2.24) is 40.4 Å². The topological polar surface area (TPSA) is 177 Å². The van der Waals surface area contributed by atoms with Crippen molar-refractivity contribution in [2.75, 3.05) is 64.1 Å². The van der Waals surface area contributed by atoms with Gasteiger partial charge in [0, 0.05) is 73.3 Å². The number of carbonyl (C=O) groups excluding carboxylic acids is 2. The number of benzene rings is 4. The second-order valence-corrected chi connectivity index (χ2v) is 18.8. The molecule has 0 bridgehead atoms. The van der Waals surface area contributed by atoms with Gasteiger partial charge in [-0.1, -0.05) is 60.7 Å². The summed E-state index contributed by atoms with van der Waals surface area (Å²) in [7, 11) is 3.31. The molecule has 2 aliphatic heterocycles. The number of amides is 2. The summed E-state index contributed by atoms with van der Waals surface area (Å²) in [6.45, 7) is 8.59. The quantitative estimate of drug-likeness (QED) is 0.0830. The molecular weight excluding hydrogens is 885 g/mol. The second kappa shape index (κ2) is 22.8. The Morgan fingerprint density at radius 3 is 1.31 bits per heavy atom. The Bertz CT molecular complexity index is 2510. The number of methoxy groups -OCH3 is 2. The smallest absolute Gasteiger partial charge is 0.234 e. The van der Waals surface area contributed by atoms with Gasteiger partial charge in [-0.3, -0.25) is 19.4 Å². The van der Waals surface area contributed by atoms with E-state index in [1.165, 1.54) is 11.1 Å². The number of nitrogens with zero attached hydrogens (tertiary/aromatic N) is 6. The lowest BCUT2D eigenvalue weighted by Crippen LogP contribution is -2.52. The summed E-state index contributed by atoms with van der Waals surface area (Å²) in [5, 5.41) is 14.7. The highest BCUT2D eigenvalue weighted by Gasteiger charge is 2.32. The van der Waals surface area contributed by atoms with Crippen LogP contribution in [0, 0.1) is 0 Å². The molecule has 16 heteroatoms. The zero-order valence-electron chi connectivity index (χ0n) is 40.7. The first-order valence-electron chi connectivity index (χ1n) is 24.8. The molecule has 0 spiro atoms. The molecule has 2 atom stereocenters. The SMILES string of the molecule is COc1cc2ncnc(N[C@H](C)c3ccccc3)c2cc1OC1CCC(N2CCNC(=O)C2)CC1.COc1cc2ncnc(N[C@H](C)c3ccccc3)c2cc1OC1CCC(N2CCNC(=O)C2)CC1. The van der Waals surface area contributed by atoms with Gasteiger partial charge < -0.3 is 40.2 Å². The van der Waals surface area contributed by atoms with Crippen molar-refractivity contribution in [3.63, 3.8) is 0 Å². The van der Waals surface area contributed by atoms with Crippen molar-refractivity contribution in [3.8, 4) is 23.0 Å². The molecule has 4 aliphatic rings. The van der Waals surface area contributed by atoms with Crippen molar-refractivity contribution in [1.29, 1.82) is 0 Å². The van der Waals surface area contributed by atoms with E-state index in [4.69, 9.17) is 18.9 Å². The lowest BCUT2D eigenvalue weighted by atomic mass is 9.91. The molecule has 2 amide bonds. The number of carbonyl (C=O) groups is 2. The van der Waals surface area contributed by atoms with Gasteiger partial charge in [-0.2, -0.15) is 0 Å². The number of anilines is 2. The van der Waals surface area contributed by atoms with Gasteiger partial charge in [-0.15, -0.1) is 0 Å². The van der Waals surface area contributed by atoms with Gasteiger partial charge in [0.15, 0.2) is 23.0 Å². The number of piperazine rings is 2. The summed E-state index contributed by atoms with van der Waals surface area (Å²) in [6, 6.07) is 29.5. The van der Waals surface area contributed by atoms with Crippen LogP contribution >= 0.6 is 0 Å². The van der Waals surface area contributed by atoms with Crippen LogP contribution in [0.15, 0.2) is 97.6 Å². The number of nitrogens with one attached hydrogen (secondary N) is 4. The minimum absolute atomic E-state index is 0.0907. The van der Waals surface area contributed by atoms with Crippen molar-refractivity contribution in [3.05, 3.63) is 109 Å². The monoisotopic (exact) mass is 951 g/mol. The number of rotatable bonds is 14. The first-order valence-corrected chi connectivity index (χ1v) is 24.8. The molecule has 4 fully saturated rings. The highest BCUT2D eigenvalue weighted by Crippen LogP contribution is 2.39. The number of hydrogen-bond acceptors (Lipinski definition) is 14. The molecule has 6 aromatic rings. The van der Waals surface area contributed by atoms with E-state index in [1.54, 1.807) is 26.9 Å². The van der Waals surface area contributed by atoms with E-state index in [-0.39, 0.29) is 36.1 Å².